The first-order chi connectivity index (χ1) is 9.57. The van der Waals surface area contributed by atoms with Gasteiger partial charge in [0.1, 0.15) is 5.75 Å². The van der Waals surface area contributed by atoms with Gasteiger partial charge in [0.25, 0.3) is 0 Å². The molecular formula is C18H24O2. The zero-order valence-electron chi connectivity index (χ0n) is 12.2. The van der Waals surface area contributed by atoms with Crippen molar-refractivity contribution in [1.82, 2.24) is 0 Å². The van der Waals surface area contributed by atoms with E-state index in [-0.39, 0.29) is 6.10 Å². The average molecular weight is 272 g/mol. The molecule has 2 fully saturated rings. The summed E-state index contributed by atoms with van der Waals surface area (Å²) in [5.74, 6) is 2.49. The quantitative estimate of drug-likeness (QED) is 0.757. The van der Waals surface area contributed by atoms with Crippen LogP contribution in [0.15, 0.2) is 18.2 Å². The highest BCUT2D eigenvalue weighted by molar-refractivity contribution is 5.40. The monoisotopic (exact) mass is 272 g/mol. The Bertz CT molecular complexity index is 538. The summed E-state index contributed by atoms with van der Waals surface area (Å²) in [4.78, 5) is 0. The lowest BCUT2D eigenvalue weighted by molar-refractivity contribution is 0.0596. The Balaban J connectivity index is 1.70. The maximum atomic E-state index is 10.1. The van der Waals surface area contributed by atoms with Crippen molar-refractivity contribution in [2.75, 3.05) is 0 Å². The summed E-state index contributed by atoms with van der Waals surface area (Å²) in [7, 11) is 0. The number of hydrogen-bond acceptors (Lipinski definition) is 2. The second-order valence-electron chi connectivity index (χ2n) is 7.58. The first-order valence-electron chi connectivity index (χ1n) is 8.07. The Kier molecular flexibility index (Phi) is 2.69. The van der Waals surface area contributed by atoms with Gasteiger partial charge in [0.15, 0.2) is 0 Å². The van der Waals surface area contributed by atoms with Gasteiger partial charge < -0.3 is 10.2 Å². The molecule has 1 aromatic rings. The van der Waals surface area contributed by atoms with Gasteiger partial charge >= 0.3 is 0 Å². The Hall–Kier alpha value is -1.02. The number of aliphatic hydroxyl groups excluding tert-OH is 1. The summed E-state index contributed by atoms with van der Waals surface area (Å²) in [6, 6.07) is 5.96. The average Bonchev–Trinajstić information content (AvgIpc) is 2.72. The molecule has 1 aromatic carbocycles. The smallest absolute Gasteiger partial charge is 0.115 e. The third-order valence-corrected chi connectivity index (χ3v) is 6.46. The second kappa shape index (κ2) is 4.24. The van der Waals surface area contributed by atoms with Crippen LogP contribution in [0.1, 0.15) is 56.1 Å². The number of phenolic OH excluding ortho intramolecular Hbond substituents is 1. The molecule has 0 radical (unpaired) electrons. The van der Waals surface area contributed by atoms with Crippen molar-refractivity contribution in [3.63, 3.8) is 0 Å². The van der Waals surface area contributed by atoms with Crippen molar-refractivity contribution in [3.8, 4) is 5.75 Å². The Morgan fingerprint density at radius 3 is 2.95 bits per heavy atom. The SMILES string of the molecule is C[C@]12CC[C@@H]3c4ccc(O)cc4CC[C@H]3[C@@H]1C[C@@H](O)C2. The van der Waals surface area contributed by atoms with Crippen LogP contribution < -0.4 is 0 Å². The van der Waals surface area contributed by atoms with E-state index in [9.17, 15) is 10.2 Å². The molecule has 3 aliphatic rings. The summed E-state index contributed by atoms with van der Waals surface area (Å²) < 4.78 is 0. The lowest BCUT2D eigenvalue weighted by Crippen LogP contribution is -2.39. The van der Waals surface area contributed by atoms with Gasteiger partial charge in [-0.15, -0.1) is 0 Å². The van der Waals surface area contributed by atoms with E-state index >= 15 is 0 Å². The van der Waals surface area contributed by atoms with Crippen molar-refractivity contribution >= 4 is 0 Å². The van der Waals surface area contributed by atoms with E-state index in [2.05, 4.69) is 13.0 Å². The topological polar surface area (TPSA) is 40.5 Å². The molecule has 4 rings (SSSR count). The third-order valence-electron chi connectivity index (χ3n) is 6.46. The molecule has 20 heavy (non-hydrogen) atoms. The van der Waals surface area contributed by atoms with Crippen LogP contribution in [0.4, 0.5) is 0 Å². The number of hydrogen-bond donors (Lipinski definition) is 2. The van der Waals surface area contributed by atoms with Crippen LogP contribution in [-0.4, -0.2) is 16.3 Å². The molecule has 5 atom stereocenters. The van der Waals surface area contributed by atoms with Crippen molar-refractivity contribution < 1.29 is 10.2 Å². The molecule has 3 aliphatic carbocycles. The molecule has 2 nitrogen and oxygen atoms in total. The number of benzene rings is 1. The van der Waals surface area contributed by atoms with Gasteiger partial charge in [0.2, 0.25) is 0 Å². The molecule has 2 saturated carbocycles. The standard InChI is InChI=1S/C18H24O2/c1-18-7-6-15-14-5-3-12(19)8-11(14)2-4-16(15)17(18)9-13(20)10-18/h3,5,8,13,15-17,19-20H,2,4,6-7,9-10H2,1H3/t13-,15-,16-,17+,18-/m1/s1. The summed E-state index contributed by atoms with van der Waals surface area (Å²) in [6.45, 7) is 2.40. The van der Waals surface area contributed by atoms with Crippen molar-refractivity contribution in [2.45, 2.75) is 57.5 Å². The lowest BCUT2D eigenvalue weighted by atomic mass is 9.56. The summed E-state index contributed by atoms with van der Waals surface area (Å²) >= 11 is 0. The predicted octanol–water partition coefficient (Wildman–Crippen LogP) is 3.61. The van der Waals surface area contributed by atoms with E-state index in [0.29, 0.717) is 23.0 Å². The summed E-state index contributed by atoms with van der Waals surface area (Å²) in [5.41, 5.74) is 3.20. The van der Waals surface area contributed by atoms with E-state index in [1.807, 2.05) is 12.1 Å². The maximum Gasteiger partial charge on any atom is 0.115 e. The molecular weight excluding hydrogens is 248 g/mol. The van der Waals surface area contributed by atoms with Gasteiger partial charge in [-0.05, 0) is 85.0 Å². The predicted molar refractivity (Wildman–Crippen MR) is 78.7 cm³/mol. The Morgan fingerprint density at radius 2 is 2.10 bits per heavy atom. The fraction of sp³-hybridized carbons (Fsp3) is 0.667. The number of aromatic hydroxyl groups is 1. The van der Waals surface area contributed by atoms with Gasteiger partial charge in [-0.1, -0.05) is 13.0 Å². The molecule has 108 valence electrons. The highest BCUT2D eigenvalue weighted by Crippen LogP contribution is 2.60. The molecule has 0 unspecified atom stereocenters. The minimum Gasteiger partial charge on any atom is -0.508 e. The Labute approximate surface area is 120 Å². The molecule has 0 amide bonds. The van der Waals surface area contributed by atoms with Crippen molar-refractivity contribution in [1.29, 1.82) is 0 Å². The van der Waals surface area contributed by atoms with Crippen LogP contribution in [0.5, 0.6) is 5.75 Å². The maximum absolute atomic E-state index is 10.1. The lowest BCUT2D eigenvalue weighted by Gasteiger charge is -2.49. The fourth-order valence-corrected chi connectivity index (χ4v) is 5.59. The molecule has 2 N–H and O–H groups in total. The van der Waals surface area contributed by atoms with E-state index in [1.54, 1.807) is 0 Å². The van der Waals surface area contributed by atoms with Crippen LogP contribution in [0, 0.1) is 17.3 Å². The van der Waals surface area contributed by atoms with Crippen LogP contribution >= 0.6 is 0 Å². The van der Waals surface area contributed by atoms with Gasteiger partial charge in [-0.2, -0.15) is 0 Å². The van der Waals surface area contributed by atoms with Crippen molar-refractivity contribution in [2.24, 2.45) is 17.3 Å². The van der Waals surface area contributed by atoms with Crippen molar-refractivity contribution in [3.05, 3.63) is 29.3 Å². The van der Waals surface area contributed by atoms with Gasteiger partial charge in [0, 0.05) is 0 Å². The number of aliphatic hydroxyl groups is 1. The molecule has 0 saturated heterocycles. The van der Waals surface area contributed by atoms with Crippen LogP contribution in [0.2, 0.25) is 0 Å². The zero-order chi connectivity index (χ0) is 13.9. The molecule has 0 spiro atoms. The Morgan fingerprint density at radius 1 is 1.25 bits per heavy atom. The largest absolute Gasteiger partial charge is 0.508 e. The molecule has 0 bridgehead atoms. The zero-order valence-corrected chi connectivity index (χ0v) is 12.2. The van der Waals surface area contributed by atoms with Crippen LogP contribution in [0.25, 0.3) is 0 Å². The summed E-state index contributed by atoms with van der Waals surface area (Å²) in [6.07, 6.45) is 6.75. The third kappa shape index (κ3) is 1.74. The first-order valence-corrected chi connectivity index (χ1v) is 8.07. The second-order valence-corrected chi connectivity index (χ2v) is 7.58. The summed E-state index contributed by atoms with van der Waals surface area (Å²) in [5, 5.41) is 19.8. The number of fused-ring (bicyclic) bond motifs is 5. The number of phenols is 1. The minimum atomic E-state index is -0.0787. The van der Waals surface area contributed by atoms with Gasteiger partial charge in [-0.25, -0.2) is 0 Å². The minimum absolute atomic E-state index is 0.0787. The van der Waals surface area contributed by atoms with E-state index in [0.717, 1.165) is 25.2 Å². The fourth-order valence-electron chi connectivity index (χ4n) is 5.59. The van der Waals surface area contributed by atoms with Gasteiger partial charge in [0.05, 0.1) is 6.10 Å². The highest BCUT2D eigenvalue weighted by atomic mass is 16.3. The number of aryl methyl sites for hydroxylation is 1. The van der Waals surface area contributed by atoms with Crippen LogP contribution in [-0.2, 0) is 6.42 Å². The van der Waals surface area contributed by atoms with E-state index in [1.165, 1.54) is 30.4 Å². The normalized spacial score (nSPS) is 42.7. The van der Waals surface area contributed by atoms with E-state index < -0.39 is 0 Å². The van der Waals surface area contributed by atoms with Crippen LogP contribution in [0.3, 0.4) is 0 Å². The molecule has 0 heterocycles. The molecule has 0 aliphatic heterocycles. The number of rotatable bonds is 0. The van der Waals surface area contributed by atoms with Gasteiger partial charge in [-0.3, -0.25) is 0 Å². The first kappa shape index (κ1) is 12.7. The molecule has 0 aromatic heterocycles. The molecule has 2 heteroatoms. The van der Waals surface area contributed by atoms with E-state index in [4.69, 9.17) is 0 Å². The highest BCUT2D eigenvalue weighted by Gasteiger charge is 2.52.